The first-order chi connectivity index (χ1) is 7.71. The molecule has 0 aromatic heterocycles. The number of amides is 1. The van der Waals surface area contributed by atoms with Crippen molar-refractivity contribution in [1.82, 2.24) is 5.32 Å². The molecule has 0 aliphatic heterocycles. The Hall–Kier alpha value is -1.26. The van der Waals surface area contributed by atoms with E-state index in [0.717, 1.165) is 0 Å². The first kappa shape index (κ1) is 13.8. The molecule has 2 atom stereocenters. The highest BCUT2D eigenvalue weighted by atomic mass is 16.6. The summed E-state index contributed by atoms with van der Waals surface area (Å²) in [6, 6.07) is 0. The Labute approximate surface area is 102 Å². The van der Waals surface area contributed by atoms with Gasteiger partial charge in [0.05, 0.1) is 6.61 Å². The molecule has 1 aliphatic rings. The van der Waals surface area contributed by atoms with E-state index in [4.69, 9.17) is 9.47 Å². The molecule has 1 aliphatic carbocycles. The number of nitrogens with one attached hydrogen (secondary N) is 1. The van der Waals surface area contributed by atoms with Crippen LogP contribution in [0.5, 0.6) is 0 Å². The van der Waals surface area contributed by atoms with Gasteiger partial charge in [-0.15, -0.1) is 0 Å². The van der Waals surface area contributed by atoms with Crippen molar-refractivity contribution in [3.05, 3.63) is 0 Å². The van der Waals surface area contributed by atoms with E-state index in [9.17, 15) is 9.59 Å². The minimum Gasteiger partial charge on any atom is -0.464 e. The lowest BCUT2D eigenvalue weighted by molar-refractivity contribution is -0.147. The van der Waals surface area contributed by atoms with E-state index in [2.05, 4.69) is 5.32 Å². The summed E-state index contributed by atoms with van der Waals surface area (Å²) in [6.07, 6.45) is 0.0281. The summed E-state index contributed by atoms with van der Waals surface area (Å²) in [5.41, 5.74) is -1.45. The van der Waals surface area contributed by atoms with Gasteiger partial charge in [0.25, 0.3) is 0 Å². The third-order valence-electron chi connectivity index (χ3n) is 2.67. The molecule has 0 radical (unpaired) electrons. The number of hydrogen-bond acceptors (Lipinski definition) is 4. The molecule has 17 heavy (non-hydrogen) atoms. The van der Waals surface area contributed by atoms with E-state index in [0.29, 0.717) is 13.0 Å². The number of alkyl carbamates (subject to hydrolysis) is 1. The second-order valence-corrected chi connectivity index (χ2v) is 5.42. The van der Waals surface area contributed by atoms with Gasteiger partial charge in [-0.25, -0.2) is 9.59 Å². The average Bonchev–Trinajstić information content (AvgIpc) is 2.74. The topological polar surface area (TPSA) is 64.6 Å². The third-order valence-corrected chi connectivity index (χ3v) is 2.67. The average molecular weight is 243 g/mol. The van der Waals surface area contributed by atoms with Crippen LogP contribution < -0.4 is 5.32 Å². The van der Waals surface area contributed by atoms with Gasteiger partial charge in [-0.3, -0.25) is 0 Å². The predicted octanol–water partition coefficient (Wildman–Crippen LogP) is 1.85. The first-order valence-corrected chi connectivity index (χ1v) is 5.89. The van der Waals surface area contributed by atoms with Gasteiger partial charge in [0.1, 0.15) is 11.1 Å². The molecule has 0 aromatic rings. The van der Waals surface area contributed by atoms with Gasteiger partial charge in [-0.2, -0.15) is 0 Å². The molecule has 1 N–H and O–H groups in total. The molecule has 98 valence electrons. The largest absolute Gasteiger partial charge is 0.464 e. The maximum Gasteiger partial charge on any atom is 0.408 e. The molecule has 1 fully saturated rings. The SMILES string of the molecule is CCOC(=O)C1(NC(=O)OC(C)(C)C)CC1C. The summed E-state index contributed by atoms with van der Waals surface area (Å²) in [7, 11) is 0. The van der Waals surface area contributed by atoms with Crippen molar-refractivity contribution < 1.29 is 19.1 Å². The monoisotopic (exact) mass is 243 g/mol. The normalized spacial score (nSPS) is 27.2. The summed E-state index contributed by atoms with van der Waals surface area (Å²) in [6.45, 7) is 9.28. The van der Waals surface area contributed by atoms with Crippen molar-refractivity contribution in [1.29, 1.82) is 0 Å². The fraction of sp³-hybridized carbons (Fsp3) is 0.833. The number of esters is 1. The van der Waals surface area contributed by atoms with Crippen molar-refractivity contribution in [2.24, 2.45) is 5.92 Å². The quantitative estimate of drug-likeness (QED) is 0.768. The summed E-state index contributed by atoms with van der Waals surface area (Å²) >= 11 is 0. The zero-order chi connectivity index (χ0) is 13.3. The fourth-order valence-electron chi connectivity index (χ4n) is 1.68. The zero-order valence-electron chi connectivity index (χ0n) is 11.1. The lowest BCUT2D eigenvalue weighted by Crippen LogP contribution is -2.47. The van der Waals surface area contributed by atoms with Crippen molar-refractivity contribution in [2.45, 2.75) is 52.2 Å². The summed E-state index contributed by atoms with van der Waals surface area (Å²) in [4.78, 5) is 23.4. The molecule has 1 rings (SSSR count). The van der Waals surface area contributed by atoms with Gasteiger partial charge in [0, 0.05) is 0 Å². The maximum absolute atomic E-state index is 11.7. The molecule has 0 bridgehead atoms. The highest BCUT2D eigenvalue weighted by molar-refractivity contribution is 5.89. The fourth-order valence-corrected chi connectivity index (χ4v) is 1.68. The molecular weight excluding hydrogens is 222 g/mol. The van der Waals surface area contributed by atoms with E-state index >= 15 is 0 Å². The lowest BCUT2D eigenvalue weighted by atomic mass is 10.2. The summed E-state index contributed by atoms with van der Waals surface area (Å²) in [5.74, 6) is -0.285. The van der Waals surface area contributed by atoms with Gasteiger partial charge in [-0.1, -0.05) is 6.92 Å². The Balaban J connectivity index is 2.59. The molecule has 1 saturated carbocycles. The van der Waals surface area contributed by atoms with Crippen molar-refractivity contribution in [3.8, 4) is 0 Å². The number of carbonyl (C=O) groups is 2. The molecule has 5 heteroatoms. The lowest BCUT2D eigenvalue weighted by Gasteiger charge is -2.23. The van der Waals surface area contributed by atoms with E-state index in [1.54, 1.807) is 27.7 Å². The van der Waals surface area contributed by atoms with Crippen LogP contribution in [-0.2, 0) is 14.3 Å². The van der Waals surface area contributed by atoms with Gasteiger partial charge in [0.2, 0.25) is 0 Å². The van der Waals surface area contributed by atoms with Crippen LogP contribution in [0.15, 0.2) is 0 Å². The minimum atomic E-state index is -0.877. The van der Waals surface area contributed by atoms with E-state index < -0.39 is 17.2 Å². The van der Waals surface area contributed by atoms with Crippen molar-refractivity contribution in [3.63, 3.8) is 0 Å². The van der Waals surface area contributed by atoms with Crippen molar-refractivity contribution >= 4 is 12.1 Å². The number of rotatable bonds is 3. The third kappa shape index (κ3) is 3.35. The Bertz CT molecular complexity index is 321. The molecule has 0 heterocycles. The Morgan fingerprint density at radius 3 is 2.29 bits per heavy atom. The van der Waals surface area contributed by atoms with Crippen LogP contribution in [0.25, 0.3) is 0 Å². The van der Waals surface area contributed by atoms with Gasteiger partial charge >= 0.3 is 12.1 Å². The minimum absolute atomic E-state index is 0.0917. The molecule has 2 unspecified atom stereocenters. The predicted molar refractivity (Wildman–Crippen MR) is 62.5 cm³/mol. The van der Waals surface area contributed by atoms with Gasteiger partial charge < -0.3 is 14.8 Å². The molecule has 5 nitrogen and oxygen atoms in total. The van der Waals surface area contributed by atoms with Gasteiger partial charge in [-0.05, 0) is 40.0 Å². The summed E-state index contributed by atoms with van der Waals surface area (Å²) in [5, 5.41) is 2.62. The first-order valence-electron chi connectivity index (χ1n) is 5.89. The number of hydrogen-bond donors (Lipinski definition) is 1. The number of ether oxygens (including phenoxy) is 2. The molecule has 0 spiro atoms. The highest BCUT2D eigenvalue weighted by Crippen LogP contribution is 2.44. The van der Waals surface area contributed by atoms with Crippen LogP contribution in [0, 0.1) is 5.92 Å². The molecule has 0 aromatic carbocycles. The van der Waals surface area contributed by atoms with Gasteiger partial charge in [0.15, 0.2) is 0 Å². The molecule has 0 saturated heterocycles. The highest BCUT2D eigenvalue weighted by Gasteiger charge is 2.60. The Morgan fingerprint density at radius 1 is 1.41 bits per heavy atom. The Morgan fingerprint density at radius 2 is 1.94 bits per heavy atom. The zero-order valence-corrected chi connectivity index (χ0v) is 11.1. The van der Waals surface area contributed by atoms with E-state index in [1.807, 2.05) is 6.92 Å². The smallest absolute Gasteiger partial charge is 0.408 e. The van der Waals surface area contributed by atoms with Crippen molar-refractivity contribution in [2.75, 3.05) is 6.61 Å². The Kier molecular flexibility index (Phi) is 3.69. The maximum atomic E-state index is 11.7. The second kappa shape index (κ2) is 4.55. The van der Waals surface area contributed by atoms with Crippen LogP contribution in [-0.4, -0.2) is 29.8 Å². The van der Waals surface area contributed by atoms with Crippen LogP contribution >= 0.6 is 0 Å². The van der Waals surface area contributed by atoms with E-state index in [1.165, 1.54) is 0 Å². The summed E-state index contributed by atoms with van der Waals surface area (Å²) < 4.78 is 10.1. The number of carbonyl (C=O) groups excluding carboxylic acids is 2. The van der Waals surface area contributed by atoms with Crippen LogP contribution in [0.2, 0.25) is 0 Å². The standard InChI is InChI=1S/C12H21NO4/c1-6-16-9(14)12(7-8(12)2)13-10(15)17-11(3,4)5/h8H,6-7H2,1-5H3,(H,13,15). The molecule has 1 amide bonds. The second-order valence-electron chi connectivity index (χ2n) is 5.42. The molecular formula is C12H21NO4. The van der Waals surface area contributed by atoms with E-state index in [-0.39, 0.29) is 11.9 Å². The van der Waals surface area contributed by atoms with Crippen LogP contribution in [0.4, 0.5) is 4.79 Å². The van der Waals surface area contributed by atoms with Crippen LogP contribution in [0.3, 0.4) is 0 Å². The van der Waals surface area contributed by atoms with Crippen LogP contribution in [0.1, 0.15) is 41.0 Å².